The molecule has 58 heavy (non-hydrogen) atoms. The van der Waals surface area contributed by atoms with Crippen LogP contribution in [0.4, 0.5) is 33.7 Å². The number of rotatable bonds is 6. The fourth-order valence-corrected chi connectivity index (χ4v) is 9.85. The number of benzene rings is 2. The Bertz CT molecular complexity index is 2290. The average Bonchev–Trinajstić information content (AvgIpc) is 3.72. The molecule has 3 saturated heterocycles. The Labute approximate surface area is 342 Å². The number of thiazole rings is 1. The van der Waals surface area contributed by atoms with Crippen molar-refractivity contribution in [2.24, 2.45) is 0 Å². The smallest absolute Gasteiger partial charge is 0.413 e. The molecule has 4 aliphatic heterocycles. The van der Waals surface area contributed by atoms with E-state index in [2.05, 4.69) is 25.5 Å². The summed E-state index contributed by atoms with van der Waals surface area (Å²) in [6.07, 6.45) is 1.68. The van der Waals surface area contributed by atoms with Crippen LogP contribution < -0.4 is 25.0 Å². The van der Waals surface area contributed by atoms with E-state index in [1.807, 2.05) is 4.90 Å². The molecular weight excluding hydrogens is 799 g/mol. The molecule has 0 saturated carbocycles. The number of carbonyl (C=O) groups is 2. The number of nitrogens with zero attached hydrogens (tertiary/aromatic N) is 5. The summed E-state index contributed by atoms with van der Waals surface area (Å²) in [5, 5.41) is 5.69. The Hall–Kier alpha value is -4.35. The molecule has 3 fully saturated rings. The van der Waals surface area contributed by atoms with Gasteiger partial charge in [0, 0.05) is 30.6 Å². The zero-order valence-corrected chi connectivity index (χ0v) is 34.8. The standard InChI is InChI=1S/C40H47ClF3N7O6S/c1-38(2,3)56-36(52)45-23-10-7-8-15-51-24(23)18-54-31-26-30(46-34(48-33(26)51)55-19-40-13-9-14-50(40)17-20(42)16-40)28(44)25(27(31)41)21-11-12-22(43)32-29(21)47-35(58-32)49-37(53)57-39(4,5)6/h11-12,20,23-24H,7-10,13-19H2,1-6H3,(H,45,52)(H,47,49,53)/t20-,23+,24-,40+/m1/s1. The van der Waals surface area contributed by atoms with E-state index >= 15 is 8.78 Å². The number of ether oxygens (including phenoxy) is 4. The number of hydrogen-bond acceptors (Lipinski definition) is 12. The molecule has 312 valence electrons. The first kappa shape index (κ1) is 40.4. The second-order valence-corrected chi connectivity index (χ2v) is 18.9. The van der Waals surface area contributed by atoms with Crippen LogP contribution in [0.25, 0.3) is 32.2 Å². The largest absolute Gasteiger partial charge is 0.489 e. The van der Waals surface area contributed by atoms with Crippen molar-refractivity contribution < 1.29 is 41.7 Å². The minimum atomic E-state index is -0.988. The van der Waals surface area contributed by atoms with Crippen LogP contribution in [0.5, 0.6) is 11.8 Å². The maximum Gasteiger partial charge on any atom is 0.413 e. The molecule has 0 spiro atoms. The van der Waals surface area contributed by atoms with Gasteiger partial charge in [-0.05, 0) is 92.3 Å². The molecule has 2 N–H and O–H groups in total. The van der Waals surface area contributed by atoms with Gasteiger partial charge in [0.2, 0.25) is 0 Å². The summed E-state index contributed by atoms with van der Waals surface area (Å²) in [7, 11) is 0. The Morgan fingerprint density at radius 3 is 2.53 bits per heavy atom. The van der Waals surface area contributed by atoms with Gasteiger partial charge >= 0.3 is 18.2 Å². The fraction of sp³-hybridized carbons (Fsp3) is 0.575. The summed E-state index contributed by atoms with van der Waals surface area (Å²) in [5.41, 5.74) is -2.22. The highest BCUT2D eigenvalue weighted by Gasteiger charge is 2.49. The Kier molecular flexibility index (Phi) is 10.5. The molecule has 4 aliphatic rings. The fourth-order valence-electron chi connectivity index (χ4n) is 8.64. The van der Waals surface area contributed by atoms with Crippen molar-refractivity contribution in [3.63, 3.8) is 0 Å². The van der Waals surface area contributed by atoms with E-state index in [0.717, 1.165) is 43.6 Å². The van der Waals surface area contributed by atoms with Crippen LogP contribution in [0, 0.1) is 11.6 Å². The van der Waals surface area contributed by atoms with Gasteiger partial charge in [-0.25, -0.2) is 27.7 Å². The number of alkyl halides is 1. The number of amides is 2. The SMILES string of the molecule is CC(C)(C)OC(=O)Nc1nc2c(-c3c(Cl)c4c5c(nc(OC[C@@]67CCCN6C[C@H](F)C7)nc5c3F)N3CCCC[C@H](NC(=O)OC(C)(C)C)[C@H]3CO4)ccc(F)c2s1. The van der Waals surface area contributed by atoms with Crippen molar-refractivity contribution in [3.8, 4) is 22.9 Å². The molecule has 2 amide bonds. The normalized spacial score (nSPS) is 23.5. The summed E-state index contributed by atoms with van der Waals surface area (Å²) < 4.78 is 71.6. The molecule has 4 atom stereocenters. The van der Waals surface area contributed by atoms with E-state index in [-0.39, 0.29) is 67.4 Å². The molecule has 4 aromatic rings. The number of fused-ring (bicyclic) bond motifs is 4. The summed E-state index contributed by atoms with van der Waals surface area (Å²) >= 11 is 8.04. The van der Waals surface area contributed by atoms with Crippen LogP contribution in [-0.2, 0) is 9.47 Å². The van der Waals surface area contributed by atoms with Crippen molar-refractivity contribution in [2.45, 2.75) is 115 Å². The van der Waals surface area contributed by atoms with Crippen LogP contribution >= 0.6 is 22.9 Å². The van der Waals surface area contributed by atoms with E-state index in [9.17, 15) is 14.0 Å². The molecule has 18 heteroatoms. The van der Waals surface area contributed by atoms with Crippen molar-refractivity contribution in [1.29, 1.82) is 0 Å². The lowest BCUT2D eigenvalue weighted by molar-refractivity contribution is 0.0488. The Balaban J connectivity index is 1.26. The van der Waals surface area contributed by atoms with Gasteiger partial charge in [0.25, 0.3) is 0 Å². The molecule has 0 radical (unpaired) electrons. The van der Waals surface area contributed by atoms with Crippen LogP contribution in [0.15, 0.2) is 12.1 Å². The third kappa shape index (κ3) is 7.76. The van der Waals surface area contributed by atoms with Crippen molar-refractivity contribution in [1.82, 2.24) is 25.2 Å². The molecule has 2 aromatic heterocycles. The summed E-state index contributed by atoms with van der Waals surface area (Å²) in [5.74, 6) is -1.10. The first-order valence-corrected chi connectivity index (χ1v) is 20.8. The van der Waals surface area contributed by atoms with E-state index in [4.69, 9.17) is 35.5 Å². The minimum absolute atomic E-state index is 0.0162. The van der Waals surface area contributed by atoms with Crippen LogP contribution in [-0.4, -0.2) is 99.9 Å². The first-order chi connectivity index (χ1) is 27.4. The Morgan fingerprint density at radius 1 is 1.02 bits per heavy atom. The summed E-state index contributed by atoms with van der Waals surface area (Å²) in [4.78, 5) is 43.9. The molecule has 0 aliphatic carbocycles. The van der Waals surface area contributed by atoms with E-state index in [1.54, 1.807) is 41.5 Å². The van der Waals surface area contributed by atoms with Gasteiger partial charge in [0.1, 0.15) is 47.7 Å². The number of carbonyl (C=O) groups excluding carboxylic acids is 2. The quantitative estimate of drug-likeness (QED) is 0.193. The third-order valence-electron chi connectivity index (χ3n) is 10.9. The van der Waals surface area contributed by atoms with Gasteiger partial charge in [-0.2, -0.15) is 9.97 Å². The van der Waals surface area contributed by atoms with Crippen molar-refractivity contribution in [2.75, 3.05) is 43.1 Å². The second kappa shape index (κ2) is 15.0. The van der Waals surface area contributed by atoms with Crippen LogP contribution in [0.3, 0.4) is 0 Å². The second-order valence-electron chi connectivity index (χ2n) is 17.5. The summed E-state index contributed by atoms with van der Waals surface area (Å²) in [6, 6.07) is 1.46. The molecule has 8 rings (SSSR count). The molecule has 0 bridgehead atoms. The lowest BCUT2D eigenvalue weighted by atomic mass is 9.95. The number of hydrogen-bond donors (Lipinski definition) is 2. The zero-order valence-electron chi connectivity index (χ0n) is 33.3. The highest BCUT2D eigenvalue weighted by Crippen LogP contribution is 2.51. The lowest BCUT2D eigenvalue weighted by Crippen LogP contribution is -2.54. The lowest BCUT2D eigenvalue weighted by Gasteiger charge is -2.35. The van der Waals surface area contributed by atoms with Crippen molar-refractivity contribution in [3.05, 3.63) is 28.8 Å². The number of aromatic nitrogens is 3. The Morgan fingerprint density at radius 2 is 1.78 bits per heavy atom. The van der Waals surface area contributed by atoms with Crippen molar-refractivity contribution >= 4 is 67.2 Å². The molecule has 0 unspecified atom stereocenters. The van der Waals surface area contributed by atoms with Gasteiger partial charge < -0.3 is 29.2 Å². The van der Waals surface area contributed by atoms with Gasteiger partial charge in [-0.3, -0.25) is 10.2 Å². The highest BCUT2D eigenvalue weighted by atomic mass is 35.5. The maximum absolute atomic E-state index is 17.6. The predicted molar refractivity (Wildman–Crippen MR) is 215 cm³/mol. The number of anilines is 2. The van der Waals surface area contributed by atoms with E-state index < -0.39 is 58.8 Å². The molecule has 2 aromatic carbocycles. The molecule has 6 heterocycles. The van der Waals surface area contributed by atoms with Gasteiger partial charge in [-0.1, -0.05) is 22.9 Å². The third-order valence-corrected chi connectivity index (χ3v) is 12.3. The van der Waals surface area contributed by atoms with Crippen LogP contribution in [0.2, 0.25) is 5.02 Å². The van der Waals surface area contributed by atoms with Gasteiger partial charge in [0.05, 0.1) is 38.2 Å². The molecular formula is C40H47ClF3N7O6S. The maximum atomic E-state index is 17.6. The monoisotopic (exact) mass is 845 g/mol. The summed E-state index contributed by atoms with van der Waals surface area (Å²) in [6.45, 7) is 12.1. The number of alkyl carbamates (subject to hydrolysis) is 1. The van der Waals surface area contributed by atoms with Gasteiger partial charge in [0.15, 0.2) is 16.7 Å². The van der Waals surface area contributed by atoms with Gasteiger partial charge in [-0.15, -0.1) is 0 Å². The highest BCUT2D eigenvalue weighted by molar-refractivity contribution is 7.22. The zero-order chi connectivity index (χ0) is 41.3. The predicted octanol–water partition coefficient (Wildman–Crippen LogP) is 8.78. The average molecular weight is 846 g/mol. The van der Waals surface area contributed by atoms with E-state index in [0.29, 0.717) is 31.7 Å². The van der Waals surface area contributed by atoms with Crippen LogP contribution in [0.1, 0.15) is 80.1 Å². The number of halogens is 4. The minimum Gasteiger partial charge on any atom is -0.489 e. The van der Waals surface area contributed by atoms with E-state index in [1.165, 1.54) is 12.1 Å². The number of nitrogens with one attached hydrogen (secondary N) is 2. The topological polar surface area (TPSA) is 140 Å². The molecule has 13 nitrogen and oxygen atoms in total. The first-order valence-electron chi connectivity index (χ1n) is 19.6.